The maximum Gasteiger partial charge on any atom is 0.254 e. The molecule has 0 atom stereocenters. The number of aliphatic hydroxyl groups excluding tert-OH is 1. The van der Waals surface area contributed by atoms with Crippen molar-refractivity contribution in [3.63, 3.8) is 0 Å². The van der Waals surface area contributed by atoms with Gasteiger partial charge in [0.25, 0.3) is 5.91 Å². The molecule has 0 fully saturated rings. The highest BCUT2D eigenvalue weighted by molar-refractivity contribution is 5.95. The van der Waals surface area contributed by atoms with Crippen LogP contribution in [0.15, 0.2) is 54.9 Å². The summed E-state index contributed by atoms with van der Waals surface area (Å²) in [5.74, 6) is 0.740. The number of aromatic nitrogens is 2. The summed E-state index contributed by atoms with van der Waals surface area (Å²) in [5, 5.41) is 13.7. The van der Waals surface area contributed by atoms with E-state index in [4.69, 9.17) is 4.74 Å². The number of hydrogen-bond donors (Lipinski definition) is 1. The average molecular weight is 377 g/mol. The summed E-state index contributed by atoms with van der Waals surface area (Å²) in [6.07, 6.45) is 3.80. The van der Waals surface area contributed by atoms with Crippen molar-refractivity contribution in [3.05, 3.63) is 71.5 Å². The highest BCUT2D eigenvalue weighted by Gasteiger charge is 2.21. The quantitative estimate of drug-likeness (QED) is 0.759. The lowest BCUT2D eigenvalue weighted by Gasteiger charge is -2.20. The number of carbonyl (C=O) groups excluding carboxylic acids is 1. The van der Waals surface area contributed by atoms with Crippen LogP contribution in [0.3, 0.4) is 0 Å². The number of benzene rings is 2. The Morgan fingerprint density at radius 3 is 2.89 bits per heavy atom. The van der Waals surface area contributed by atoms with E-state index in [1.165, 1.54) is 0 Å². The maximum absolute atomic E-state index is 13.2. The fourth-order valence-corrected chi connectivity index (χ4v) is 3.42. The van der Waals surface area contributed by atoms with Crippen molar-refractivity contribution in [2.75, 3.05) is 13.2 Å². The topological polar surface area (TPSA) is 67.6 Å². The Morgan fingerprint density at radius 2 is 2.11 bits per heavy atom. The Hall–Kier alpha value is -3.12. The molecule has 0 aliphatic carbocycles. The highest BCUT2D eigenvalue weighted by Crippen LogP contribution is 2.26. The first-order valence-electron chi connectivity index (χ1n) is 9.45. The van der Waals surface area contributed by atoms with Crippen LogP contribution in [0.4, 0.5) is 0 Å². The van der Waals surface area contributed by atoms with Crippen molar-refractivity contribution in [2.45, 2.75) is 26.6 Å². The molecule has 1 aliphatic heterocycles. The Bertz CT molecular complexity index is 996. The molecule has 144 valence electrons. The van der Waals surface area contributed by atoms with Gasteiger partial charge in [-0.2, -0.15) is 5.10 Å². The van der Waals surface area contributed by atoms with Gasteiger partial charge >= 0.3 is 0 Å². The molecule has 0 saturated heterocycles. The maximum atomic E-state index is 13.2. The van der Waals surface area contributed by atoms with E-state index < -0.39 is 0 Å². The molecule has 1 N–H and O–H groups in total. The normalized spacial score (nSPS) is 13.6. The number of hydrogen-bond acceptors (Lipinski definition) is 4. The molecular formula is C22H23N3O3. The van der Waals surface area contributed by atoms with Crippen LogP contribution in [0.1, 0.15) is 28.4 Å². The van der Waals surface area contributed by atoms with Gasteiger partial charge in [-0.05, 0) is 42.3 Å². The number of aliphatic hydroxyl groups is 1. The zero-order valence-electron chi connectivity index (χ0n) is 15.8. The fraction of sp³-hybridized carbons (Fsp3) is 0.273. The van der Waals surface area contributed by atoms with Gasteiger partial charge in [0.1, 0.15) is 12.4 Å². The molecule has 0 radical (unpaired) electrons. The van der Waals surface area contributed by atoms with Gasteiger partial charge in [0.15, 0.2) is 0 Å². The molecule has 0 bridgehead atoms. The third-order valence-electron chi connectivity index (χ3n) is 4.97. The predicted octanol–water partition coefficient (Wildman–Crippen LogP) is 3.10. The van der Waals surface area contributed by atoms with Crippen LogP contribution in [0.25, 0.3) is 11.1 Å². The number of fused-ring (bicyclic) bond motifs is 1. The van der Waals surface area contributed by atoms with Gasteiger partial charge in [0.05, 0.1) is 19.3 Å². The lowest BCUT2D eigenvalue weighted by atomic mass is 10.0. The van der Waals surface area contributed by atoms with E-state index in [9.17, 15) is 9.90 Å². The van der Waals surface area contributed by atoms with Crippen LogP contribution in [0.2, 0.25) is 0 Å². The summed E-state index contributed by atoms with van der Waals surface area (Å²) in [6, 6.07) is 13.2. The molecule has 6 nitrogen and oxygen atoms in total. The van der Waals surface area contributed by atoms with E-state index in [2.05, 4.69) is 5.10 Å². The first-order chi connectivity index (χ1) is 13.7. The Balaban J connectivity index is 1.59. The number of amides is 1. The molecule has 3 aromatic rings. The second-order valence-corrected chi connectivity index (χ2v) is 6.84. The van der Waals surface area contributed by atoms with Crippen molar-refractivity contribution in [2.24, 2.45) is 0 Å². The summed E-state index contributed by atoms with van der Waals surface area (Å²) in [5.41, 5.74) is 4.33. The third kappa shape index (κ3) is 3.64. The molecule has 1 aliphatic rings. The van der Waals surface area contributed by atoms with E-state index in [0.717, 1.165) is 34.5 Å². The van der Waals surface area contributed by atoms with Crippen LogP contribution >= 0.6 is 0 Å². The lowest BCUT2D eigenvalue weighted by molar-refractivity contribution is 0.0733. The van der Waals surface area contributed by atoms with Gasteiger partial charge in [0, 0.05) is 36.0 Å². The largest absolute Gasteiger partial charge is 0.491 e. The second-order valence-electron chi connectivity index (χ2n) is 6.84. The van der Waals surface area contributed by atoms with Gasteiger partial charge < -0.3 is 14.7 Å². The Labute approximate surface area is 164 Å². The molecule has 0 unspecified atom stereocenters. The summed E-state index contributed by atoms with van der Waals surface area (Å²) in [4.78, 5) is 15.0. The molecule has 1 aromatic heterocycles. The van der Waals surface area contributed by atoms with Crippen molar-refractivity contribution in [1.29, 1.82) is 0 Å². The minimum Gasteiger partial charge on any atom is -0.491 e. The molecule has 2 heterocycles. The molecule has 6 heteroatoms. The number of carbonyl (C=O) groups is 1. The number of ether oxygens (including phenoxy) is 1. The minimum atomic E-state index is -0.0330. The zero-order chi connectivity index (χ0) is 19.5. The van der Waals surface area contributed by atoms with Crippen LogP contribution in [0.5, 0.6) is 5.75 Å². The van der Waals surface area contributed by atoms with E-state index in [1.807, 2.05) is 66.5 Å². The van der Waals surface area contributed by atoms with E-state index in [1.54, 1.807) is 4.90 Å². The molecule has 0 spiro atoms. The summed E-state index contributed by atoms with van der Waals surface area (Å²) >= 11 is 0. The van der Waals surface area contributed by atoms with Gasteiger partial charge in [-0.15, -0.1) is 0 Å². The van der Waals surface area contributed by atoms with Gasteiger partial charge in [-0.1, -0.05) is 18.2 Å². The summed E-state index contributed by atoms with van der Waals surface area (Å²) in [6.45, 7) is 4.23. The Morgan fingerprint density at radius 1 is 1.21 bits per heavy atom. The first-order valence-corrected chi connectivity index (χ1v) is 9.45. The van der Waals surface area contributed by atoms with Gasteiger partial charge in [0.2, 0.25) is 0 Å². The molecule has 4 rings (SSSR count). The van der Waals surface area contributed by atoms with Crippen molar-refractivity contribution in [3.8, 4) is 16.9 Å². The predicted molar refractivity (Wildman–Crippen MR) is 106 cm³/mol. The van der Waals surface area contributed by atoms with E-state index in [-0.39, 0.29) is 12.5 Å². The molecule has 0 saturated carbocycles. The highest BCUT2D eigenvalue weighted by atomic mass is 16.5. The monoisotopic (exact) mass is 377 g/mol. The number of aryl methyl sites for hydroxylation is 1. The molecule has 28 heavy (non-hydrogen) atoms. The van der Waals surface area contributed by atoms with Gasteiger partial charge in [-0.3, -0.25) is 9.48 Å². The summed E-state index contributed by atoms with van der Waals surface area (Å²) in [7, 11) is 0. The second kappa shape index (κ2) is 7.86. The SMILES string of the molecule is CCn1cc(-c2cccc(C(=O)N3CCOc4ccc(CO)cc4C3)c2)cn1. The summed E-state index contributed by atoms with van der Waals surface area (Å²) < 4.78 is 7.65. The lowest BCUT2D eigenvalue weighted by Crippen LogP contribution is -2.32. The van der Waals surface area contributed by atoms with E-state index >= 15 is 0 Å². The van der Waals surface area contributed by atoms with Crippen LogP contribution in [-0.4, -0.2) is 38.8 Å². The number of rotatable bonds is 4. The van der Waals surface area contributed by atoms with Crippen molar-refractivity contribution >= 4 is 5.91 Å². The van der Waals surface area contributed by atoms with E-state index in [0.29, 0.717) is 25.3 Å². The Kier molecular flexibility index (Phi) is 5.12. The molecule has 2 aromatic carbocycles. The minimum absolute atomic E-state index is 0.0319. The molecular weight excluding hydrogens is 354 g/mol. The first kappa shape index (κ1) is 18.3. The van der Waals surface area contributed by atoms with Crippen molar-refractivity contribution < 1.29 is 14.6 Å². The zero-order valence-corrected chi connectivity index (χ0v) is 15.8. The van der Waals surface area contributed by atoms with Gasteiger partial charge in [-0.25, -0.2) is 0 Å². The standard InChI is InChI=1S/C22H23N3O3/c1-2-25-14-20(12-23-25)17-4-3-5-18(11-17)22(27)24-8-9-28-21-7-6-16(15-26)10-19(21)13-24/h3-7,10-12,14,26H,2,8-9,13,15H2,1H3. The van der Waals surface area contributed by atoms with Crippen molar-refractivity contribution in [1.82, 2.24) is 14.7 Å². The average Bonchev–Trinajstić information content (AvgIpc) is 3.13. The fourth-order valence-electron chi connectivity index (χ4n) is 3.42. The van der Waals surface area contributed by atoms with Crippen LogP contribution < -0.4 is 4.74 Å². The molecule has 1 amide bonds. The smallest absolute Gasteiger partial charge is 0.254 e. The number of nitrogens with zero attached hydrogens (tertiary/aromatic N) is 3. The van der Waals surface area contributed by atoms with Crippen LogP contribution in [0, 0.1) is 0 Å². The third-order valence-corrected chi connectivity index (χ3v) is 4.97. The van der Waals surface area contributed by atoms with Crippen LogP contribution in [-0.2, 0) is 19.7 Å².